The highest BCUT2D eigenvalue weighted by Crippen LogP contribution is 2.04. The molecule has 1 aromatic rings. The molecule has 0 aliphatic rings. The number of benzene rings is 1. The molecule has 0 saturated carbocycles. The van der Waals surface area contributed by atoms with Gasteiger partial charge in [-0.3, -0.25) is 4.79 Å². The molecule has 0 saturated heterocycles. The number of ether oxygens (including phenoxy) is 1. The van der Waals surface area contributed by atoms with E-state index in [1.54, 1.807) is 24.3 Å². The van der Waals surface area contributed by atoms with Gasteiger partial charge in [0, 0.05) is 24.3 Å². The molecule has 0 aliphatic heterocycles. The summed E-state index contributed by atoms with van der Waals surface area (Å²) >= 11 is 4.86. The second-order valence-electron chi connectivity index (χ2n) is 4.99. The van der Waals surface area contributed by atoms with Crippen molar-refractivity contribution < 1.29 is 9.53 Å². The smallest absolute Gasteiger partial charge is 0.251 e. The Balaban J connectivity index is 2.27. The standard InChI is InChI=1S/C15H22N2O2S/c1-11(2)7-9-19-10-8-17-15(18)13-5-3-12(4-6-13)14(16)20/h3-6,11H,7-10H2,1-2H3,(H2,16,20)(H,17,18). The molecule has 3 N–H and O–H groups in total. The summed E-state index contributed by atoms with van der Waals surface area (Å²) in [5, 5.41) is 2.81. The molecule has 20 heavy (non-hydrogen) atoms. The first-order valence-corrected chi connectivity index (χ1v) is 7.17. The average Bonchev–Trinajstić information content (AvgIpc) is 2.42. The fourth-order valence-electron chi connectivity index (χ4n) is 1.55. The molecule has 0 aliphatic carbocycles. The van der Waals surface area contributed by atoms with Gasteiger partial charge in [0.15, 0.2) is 0 Å². The first-order chi connectivity index (χ1) is 9.50. The number of hydrogen-bond donors (Lipinski definition) is 2. The first kappa shape index (κ1) is 16.6. The topological polar surface area (TPSA) is 64.3 Å². The van der Waals surface area contributed by atoms with Gasteiger partial charge < -0.3 is 15.8 Å². The Hall–Kier alpha value is -1.46. The molecule has 1 amide bonds. The molecule has 5 heteroatoms. The number of nitrogens with one attached hydrogen (secondary N) is 1. The van der Waals surface area contributed by atoms with Crippen LogP contribution in [0, 0.1) is 5.92 Å². The van der Waals surface area contributed by atoms with Crippen LogP contribution in [-0.4, -0.2) is 30.7 Å². The largest absolute Gasteiger partial charge is 0.389 e. The fraction of sp³-hybridized carbons (Fsp3) is 0.467. The third kappa shape index (κ3) is 6.12. The van der Waals surface area contributed by atoms with Crippen LogP contribution in [0.15, 0.2) is 24.3 Å². The minimum Gasteiger partial charge on any atom is -0.389 e. The van der Waals surface area contributed by atoms with Gasteiger partial charge in [0.05, 0.1) is 6.61 Å². The second-order valence-corrected chi connectivity index (χ2v) is 5.43. The van der Waals surface area contributed by atoms with Crippen LogP contribution < -0.4 is 11.1 Å². The van der Waals surface area contributed by atoms with Gasteiger partial charge in [-0.25, -0.2) is 0 Å². The molecule has 1 aromatic carbocycles. The summed E-state index contributed by atoms with van der Waals surface area (Å²) in [6, 6.07) is 6.92. The highest BCUT2D eigenvalue weighted by Gasteiger charge is 2.05. The lowest BCUT2D eigenvalue weighted by molar-refractivity contribution is 0.0906. The minimum absolute atomic E-state index is 0.119. The maximum atomic E-state index is 11.8. The van der Waals surface area contributed by atoms with Crippen LogP contribution in [0.5, 0.6) is 0 Å². The number of rotatable bonds is 8. The number of carbonyl (C=O) groups excluding carboxylic acids is 1. The Morgan fingerprint density at radius 2 is 1.85 bits per heavy atom. The van der Waals surface area contributed by atoms with Crippen LogP contribution in [0.1, 0.15) is 36.2 Å². The van der Waals surface area contributed by atoms with Gasteiger partial charge in [0.25, 0.3) is 5.91 Å². The molecule has 4 nitrogen and oxygen atoms in total. The molecule has 0 fully saturated rings. The summed E-state index contributed by atoms with van der Waals surface area (Å²) in [6.45, 7) is 6.08. The molecule has 0 atom stereocenters. The van der Waals surface area contributed by atoms with E-state index in [9.17, 15) is 4.79 Å². The van der Waals surface area contributed by atoms with E-state index in [1.807, 2.05) is 0 Å². The van der Waals surface area contributed by atoms with E-state index in [-0.39, 0.29) is 5.91 Å². The van der Waals surface area contributed by atoms with Gasteiger partial charge in [0.2, 0.25) is 0 Å². The quantitative estimate of drug-likeness (QED) is 0.569. The summed E-state index contributed by atoms with van der Waals surface area (Å²) in [7, 11) is 0. The number of carbonyl (C=O) groups is 1. The Morgan fingerprint density at radius 3 is 2.40 bits per heavy atom. The number of hydrogen-bond acceptors (Lipinski definition) is 3. The average molecular weight is 294 g/mol. The normalized spacial score (nSPS) is 10.6. The van der Waals surface area contributed by atoms with Crippen molar-refractivity contribution in [3.05, 3.63) is 35.4 Å². The van der Waals surface area contributed by atoms with E-state index in [2.05, 4.69) is 19.2 Å². The van der Waals surface area contributed by atoms with Gasteiger partial charge in [-0.1, -0.05) is 38.2 Å². The number of amides is 1. The van der Waals surface area contributed by atoms with E-state index < -0.39 is 0 Å². The first-order valence-electron chi connectivity index (χ1n) is 6.76. The molecule has 0 spiro atoms. The molecule has 0 unspecified atom stereocenters. The van der Waals surface area contributed by atoms with Crippen molar-refractivity contribution in [2.75, 3.05) is 19.8 Å². The molecule has 110 valence electrons. The van der Waals surface area contributed by atoms with E-state index in [0.717, 1.165) is 18.6 Å². The lowest BCUT2D eigenvalue weighted by Gasteiger charge is -2.08. The molecule has 0 heterocycles. The van der Waals surface area contributed by atoms with Crippen LogP contribution in [-0.2, 0) is 4.74 Å². The highest BCUT2D eigenvalue weighted by atomic mass is 32.1. The van der Waals surface area contributed by atoms with Gasteiger partial charge in [-0.05, 0) is 24.5 Å². The minimum atomic E-state index is -0.119. The van der Waals surface area contributed by atoms with Crippen molar-refractivity contribution in [2.45, 2.75) is 20.3 Å². The monoisotopic (exact) mass is 294 g/mol. The van der Waals surface area contributed by atoms with Crippen molar-refractivity contribution in [2.24, 2.45) is 11.7 Å². The van der Waals surface area contributed by atoms with E-state index in [1.165, 1.54) is 0 Å². The van der Waals surface area contributed by atoms with Gasteiger partial charge in [-0.15, -0.1) is 0 Å². The highest BCUT2D eigenvalue weighted by molar-refractivity contribution is 7.80. The van der Waals surface area contributed by atoms with Gasteiger partial charge >= 0.3 is 0 Å². The molecular weight excluding hydrogens is 272 g/mol. The van der Waals surface area contributed by atoms with Crippen LogP contribution in [0.3, 0.4) is 0 Å². The molecular formula is C15H22N2O2S. The molecule has 0 bridgehead atoms. The van der Waals surface area contributed by atoms with Gasteiger partial charge in [0.1, 0.15) is 4.99 Å². The summed E-state index contributed by atoms with van der Waals surface area (Å²) in [4.78, 5) is 12.2. The van der Waals surface area contributed by atoms with Crippen LogP contribution in [0.4, 0.5) is 0 Å². The van der Waals surface area contributed by atoms with E-state index >= 15 is 0 Å². The Bertz CT molecular complexity index is 444. The lowest BCUT2D eigenvalue weighted by atomic mass is 10.1. The molecule has 0 aromatic heterocycles. The lowest BCUT2D eigenvalue weighted by Crippen LogP contribution is -2.27. The number of nitrogens with two attached hydrogens (primary N) is 1. The number of thiocarbonyl (C=S) groups is 1. The Morgan fingerprint density at radius 1 is 1.25 bits per heavy atom. The van der Waals surface area contributed by atoms with Crippen molar-refractivity contribution >= 4 is 23.1 Å². The summed E-state index contributed by atoms with van der Waals surface area (Å²) in [6.07, 6.45) is 1.04. The summed E-state index contributed by atoms with van der Waals surface area (Å²) in [5.74, 6) is 0.517. The van der Waals surface area contributed by atoms with E-state index in [4.69, 9.17) is 22.7 Å². The predicted molar refractivity (Wildman–Crippen MR) is 84.9 cm³/mol. The van der Waals surface area contributed by atoms with Crippen molar-refractivity contribution in [1.82, 2.24) is 5.32 Å². The van der Waals surface area contributed by atoms with Crippen molar-refractivity contribution in [3.63, 3.8) is 0 Å². The third-order valence-electron chi connectivity index (χ3n) is 2.80. The van der Waals surface area contributed by atoms with E-state index in [0.29, 0.717) is 29.6 Å². The van der Waals surface area contributed by atoms with Crippen molar-refractivity contribution in [3.8, 4) is 0 Å². The zero-order chi connectivity index (χ0) is 15.0. The third-order valence-corrected chi connectivity index (χ3v) is 3.04. The fourth-order valence-corrected chi connectivity index (χ4v) is 1.68. The molecule has 0 radical (unpaired) electrons. The van der Waals surface area contributed by atoms with Gasteiger partial charge in [-0.2, -0.15) is 0 Å². The SMILES string of the molecule is CC(C)CCOCCNC(=O)c1ccc(C(N)=S)cc1. The zero-order valence-corrected chi connectivity index (χ0v) is 12.8. The Labute approximate surface area is 125 Å². The van der Waals surface area contributed by atoms with Crippen molar-refractivity contribution in [1.29, 1.82) is 0 Å². The molecule has 1 rings (SSSR count). The zero-order valence-electron chi connectivity index (χ0n) is 12.0. The maximum Gasteiger partial charge on any atom is 0.251 e. The maximum absolute atomic E-state index is 11.8. The van der Waals surface area contributed by atoms with Crippen LogP contribution in [0.25, 0.3) is 0 Å². The Kier molecular flexibility index (Phi) is 7.18. The van der Waals surface area contributed by atoms with Crippen LogP contribution >= 0.6 is 12.2 Å². The second kappa shape index (κ2) is 8.66. The summed E-state index contributed by atoms with van der Waals surface area (Å²) < 4.78 is 5.43. The summed E-state index contributed by atoms with van der Waals surface area (Å²) in [5.41, 5.74) is 6.85. The van der Waals surface area contributed by atoms with Crippen LogP contribution in [0.2, 0.25) is 0 Å². The predicted octanol–water partition coefficient (Wildman–Crippen LogP) is 2.11.